The second-order valence-electron chi connectivity index (χ2n) is 3.99. The first-order valence-electron chi connectivity index (χ1n) is 5.71. The van der Waals surface area contributed by atoms with Gasteiger partial charge in [-0.2, -0.15) is 0 Å². The summed E-state index contributed by atoms with van der Waals surface area (Å²) < 4.78 is 0. The van der Waals surface area contributed by atoms with E-state index in [9.17, 15) is 9.59 Å². The number of nitrogens with zero attached hydrogens (tertiary/aromatic N) is 1. The fourth-order valence-electron chi connectivity index (χ4n) is 1.83. The second-order valence-corrected chi connectivity index (χ2v) is 4.97. The molecule has 0 unspecified atom stereocenters. The lowest BCUT2D eigenvalue weighted by Gasteiger charge is -2.13. The average Bonchev–Trinajstić information content (AvgIpc) is 3.03. The molecule has 0 spiro atoms. The van der Waals surface area contributed by atoms with Crippen LogP contribution in [0.25, 0.3) is 6.08 Å². The van der Waals surface area contributed by atoms with Gasteiger partial charge in [0.05, 0.1) is 5.69 Å². The zero-order valence-electron chi connectivity index (χ0n) is 9.87. The second kappa shape index (κ2) is 4.70. The molecule has 4 nitrogen and oxygen atoms in total. The topological polar surface area (TPSA) is 49.4 Å². The maximum Gasteiger partial charge on any atom is 0.282 e. The molecule has 0 radical (unpaired) electrons. The highest BCUT2D eigenvalue weighted by Crippen LogP contribution is 2.22. The average molecular weight is 270 g/mol. The Morgan fingerprint density at radius 2 is 1.84 bits per heavy atom. The van der Waals surface area contributed by atoms with Crippen LogP contribution >= 0.6 is 11.3 Å². The van der Waals surface area contributed by atoms with Crippen LogP contribution in [-0.4, -0.2) is 11.8 Å². The number of hydrogen-bond donors (Lipinski definition) is 1. The van der Waals surface area contributed by atoms with Gasteiger partial charge < -0.3 is 0 Å². The number of thiophene rings is 1. The van der Waals surface area contributed by atoms with Crippen molar-refractivity contribution in [2.75, 3.05) is 5.01 Å². The largest absolute Gasteiger partial charge is 0.282 e. The number of anilines is 1. The van der Waals surface area contributed by atoms with Crippen LogP contribution in [0.4, 0.5) is 5.69 Å². The number of nitrogens with one attached hydrogen (secondary N) is 1. The molecule has 1 aliphatic heterocycles. The van der Waals surface area contributed by atoms with Crippen molar-refractivity contribution in [3.8, 4) is 0 Å². The van der Waals surface area contributed by atoms with Crippen molar-refractivity contribution in [1.29, 1.82) is 0 Å². The van der Waals surface area contributed by atoms with E-state index in [1.807, 2.05) is 35.7 Å². The van der Waals surface area contributed by atoms with Crippen LogP contribution in [0.2, 0.25) is 0 Å². The predicted molar refractivity (Wildman–Crippen MR) is 74.4 cm³/mol. The maximum atomic E-state index is 12.2. The van der Waals surface area contributed by atoms with E-state index in [4.69, 9.17) is 0 Å². The molecule has 19 heavy (non-hydrogen) atoms. The molecule has 0 bridgehead atoms. The van der Waals surface area contributed by atoms with Crippen molar-refractivity contribution in [1.82, 2.24) is 5.43 Å². The van der Waals surface area contributed by atoms with Crippen molar-refractivity contribution < 1.29 is 9.59 Å². The summed E-state index contributed by atoms with van der Waals surface area (Å²) in [5, 5.41) is 3.17. The number of amides is 2. The van der Waals surface area contributed by atoms with E-state index in [0.717, 1.165) is 4.88 Å². The quantitative estimate of drug-likeness (QED) is 0.672. The number of hydrazine groups is 1. The van der Waals surface area contributed by atoms with Gasteiger partial charge in [0, 0.05) is 4.88 Å². The molecule has 94 valence electrons. The van der Waals surface area contributed by atoms with Crippen LogP contribution in [0.15, 0.2) is 53.4 Å². The van der Waals surface area contributed by atoms with E-state index in [1.54, 1.807) is 18.2 Å². The first-order valence-corrected chi connectivity index (χ1v) is 6.59. The summed E-state index contributed by atoms with van der Waals surface area (Å²) in [5.74, 6) is -0.702. The number of carbonyl (C=O) groups excluding carboxylic acids is 2. The van der Waals surface area contributed by atoms with E-state index < -0.39 is 0 Å². The van der Waals surface area contributed by atoms with Crippen molar-refractivity contribution in [3.05, 3.63) is 58.3 Å². The van der Waals surface area contributed by atoms with Crippen molar-refractivity contribution in [2.24, 2.45) is 0 Å². The summed E-state index contributed by atoms with van der Waals surface area (Å²) in [6, 6.07) is 12.8. The molecule has 2 amide bonds. The molecular weight excluding hydrogens is 260 g/mol. The number of benzene rings is 1. The lowest BCUT2D eigenvalue weighted by atomic mass is 10.2. The Balaban J connectivity index is 1.94. The molecule has 1 fully saturated rings. The summed E-state index contributed by atoms with van der Waals surface area (Å²) >= 11 is 1.48. The Hall–Kier alpha value is -2.40. The molecule has 1 saturated heterocycles. The van der Waals surface area contributed by atoms with E-state index in [1.165, 1.54) is 16.3 Å². The van der Waals surface area contributed by atoms with Gasteiger partial charge >= 0.3 is 0 Å². The molecular formula is C14H10N2O2S. The highest BCUT2D eigenvalue weighted by molar-refractivity contribution is 7.10. The van der Waals surface area contributed by atoms with Gasteiger partial charge in [-0.15, -0.1) is 11.3 Å². The molecule has 3 rings (SSSR count). The van der Waals surface area contributed by atoms with Crippen LogP contribution in [-0.2, 0) is 9.59 Å². The standard InChI is InChI=1S/C14H10N2O2S/c17-13-12(9-11-7-4-8-19-11)14(18)16(15-13)10-5-2-1-3-6-10/h1-9H,(H,15,17)/b12-9-. The van der Waals surface area contributed by atoms with Crippen molar-refractivity contribution >= 4 is 34.9 Å². The Morgan fingerprint density at radius 1 is 1.05 bits per heavy atom. The predicted octanol–water partition coefficient (Wildman–Crippen LogP) is 2.21. The normalized spacial score (nSPS) is 17.1. The minimum absolute atomic E-state index is 0.159. The fraction of sp³-hybridized carbons (Fsp3) is 0. The third kappa shape index (κ3) is 2.15. The van der Waals surface area contributed by atoms with E-state index in [0.29, 0.717) is 5.69 Å². The van der Waals surface area contributed by atoms with Crippen LogP contribution in [0.3, 0.4) is 0 Å². The third-order valence-electron chi connectivity index (χ3n) is 2.74. The highest BCUT2D eigenvalue weighted by atomic mass is 32.1. The molecule has 1 N–H and O–H groups in total. The fourth-order valence-corrected chi connectivity index (χ4v) is 2.49. The van der Waals surface area contributed by atoms with Crippen LogP contribution in [0, 0.1) is 0 Å². The first kappa shape index (κ1) is 11.7. The van der Waals surface area contributed by atoms with Crippen LogP contribution in [0.5, 0.6) is 0 Å². The zero-order valence-corrected chi connectivity index (χ0v) is 10.7. The molecule has 5 heteroatoms. The van der Waals surface area contributed by atoms with Crippen molar-refractivity contribution in [3.63, 3.8) is 0 Å². The minimum atomic E-state index is -0.373. The molecule has 1 aliphatic rings. The van der Waals surface area contributed by atoms with Gasteiger partial charge in [-0.3, -0.25) is 15.0 Å². The Bertz CT molecular complexity index is 647. The lowest BCUT2D eigenvalue weighted by molar-refractivity contribution is -0.117. The molecule has 0 atom stereocenters. The molecule has 2 heterocycles. The molecule has 1 aromatic heterocycles. The summed E-state index contributed by atoms with van der Waals surface area (Å²) in [7, 11) is 0. The lowest BCUT2D eigenvalue weighted by Crippen LogP contribution is -2.35. The molecule has 2 aromatic rings. The first-order chi connectivity index (χ1) is 9.25. The molecule has 0 aliphatic carbocycles. The summed E-state index contributed by atoms with van der Waals surface area (Å²) in [6.45, 7) is 0. The Morgan fingerprint density at radius 3 is 2.53 bits per heavy atom. The van der Waals surface area contributed by atoms with Gasteiger partial charge in [-0.25, -0.2) is 5.01 Å². The monoisotopic (exact) mass is 270 g/mol. The summed E-state index contributed by atoms with van der Waals surface area (Å²) in [6.07, 6.45) is 1.62. The molecule has 0 saturated carbocycles. The maximum absolute atomic E-state index is 12.2. The molecule has 1 aromatic carbocycles. The number of rotatable bonds is 2. The third-order valence-corrected chi connectivity index (χ3v) is 3.55. The summed E-state index contributed by atoms with van der Waals surface area (Å²) in [5.41, 5.74) is 3.37. The van der Waals surface area contributed by atoms with Crippen molar-refractivity contribution in [2.45, 2.75) is 0 Å². The van der Waals surface area contributed by atoms with Gasteiger partial charge in [0.2, 0.25) is 0 Å². The van der Waals surface area contributed by atoms with Gasteiger partial charge in [0.1, 0.15) is 5.57 Å². The minimum Gasteiger partial charge on any atom is -0.267 e. The highest BCUT2D eigenvalue weighted by Gasteiger charge is 2.34. The Kier molecular flexibility index (Phi) is 2.89. The SMILES string of the molecule is O=C1NN(c2ccccc2)C(=O)/C1=C\c1cccs1. The van der Waals surface area contributed by atoms with E-state index >= 15 is 0 Å². The van der Waals surface area contributed by atoms with E-state index in [-0.39, 0.29) is 17.4 Å². The van der Waals surface area contributed by atoms with Gasteiger partial charge in [-0.1, -0.05) is 24.3 Å². The smallest absolute Gasteiger partial charge is 0.267 e. The number of carbonyl (C=O) groups is 2. The number of para-hydroxylation sites is 1. The zero-order chi connectivity index (χ0) is 13.2. The van der Waals surface area contributed by atoms with Gasteiger partial charge in [-0.05, 0) is 29.7 Å². The summed E-state index contributed by atoms with van der Waals surface area (Å²) in [4.78, 5) is 25.0. The van der Waals surface area contributed by atoms with Crippen LogP contribution in [0.1, 0.15) is 4.88 Å². The van der Waals surface area contributed by atoms with E-state index in [2.05, 4.69) is 5.43 Å². The Labute approximate surface area is 113 Å². The van der Waals surface area contributed by atoms with Gasteiger partial charge in [0.15, 0.2) is 0 Å². The van der Waals surface area contributed by atoms with Gasteiger partial charge in [0.25, 0.3) is 11.8 Å². The number of hydrogen-bond acceptors (Lipinski definition) is 3. The van der Waals surface area contributed by atoms with Crippen LogP contribution < -0.4 is 10.4 Å².